The summed E-state index contributed by atoms with van der Waals surface area (Å²) in [6, 6.07) is 12.3. The summed E-state index contributed by atoms with van der Waals surface area (Å²) < 4.78 is 28.1. The van der Waals surface area contributed by atoms with E-state index >= 15 is 0 Å². The van der Waals surface area contributed by atoms with Crippen LogP contribution in [0.25, 0.3) is 0 Å². The molecule has 0 atom stereocenters. The van der Waals surface area contributed by atoms with Gasteiger partial charge >= 0.3 is 0 Å². The smallest absolute Gasteiger partial charge is 0.261 e. The molecule has 0 radical (unpaired) electrons. The maximum Gasteiger partial charge on any atom is 0.261 e. The monoisotopic (exact) mass is 353 g/mol. The predicted molar refractivity (Wildman–Crippen MR) is 85.5 cm³/mol. The van der Waals surface area contributed by atoms with Crippen LogP contribution in [0.15, 0.2) is 51.8 Å². The van der Waals surface area contributed by atoms with Gasteiger partial charge in [0.15, 0.2) is 0 Å². The molecule has 0 aliphatic heterocycles. The number of benzene rings is 2. The number of sulfonamides is 1. The molecule has 0 aliphatic rings. The Bertz CT molecular complexity index is 709. The van der Waals surface area contributed by atoms with Crippen molar-refractivity contribution < 1.29 is 8.42 Å². The average molecular weight is 354 g/mol. The van der Waals surface area contributed by atoms with Gasteiger partial charge in [-0.25, -0.2) is 8.42 Å². The van der Waals surface area contributed by atoms with Gasteiger partial charge in [0.05, 0.1) is 4.90 Å². The van der Waals surface area contributed by atoms with Crippen molar-refractivity contribution >= 4 is 31.6 Å². The van der Waals surface area contributed by atoms with E-state index in [9.17, 15) is 8.42 Å². The minimum Gasteiger partial charge on any atom is -0.280 e. The highest BCUT2D eigenvalue weighted by Crippen LogP contribution is 2.22. The third-order valence-electron chi connectivity index (χ3n) is 3.05. The van der Waals surface area contributed by atoms with Crippen LogP contribution in [-0.4, -0.2) is 8.42 Å². The second-order valence-electron chi connectivity index (χ2n) is 4.57. The third kappa shape index (κ3) is 3.41. The zero-order chi connectivity index (χ0) is 14.8. The topological polar surface area (TPSA) is 46.2 Å². The van der Waals surface area contributed by atoms with Crippen molar-refractivity contribution in [1.82, 2.24) is 0 Å². The lowest BCUT2D eigenvalue weighted by Crippen LogP contribution is -2.13. The minimum atomic E-state index is -3.53. The molecule has 0 fully saturated rings. The molecule has 3 nitrogen and oxygen atoms in total. The fourth-order valence-corrected chi connectivity index (χ4v) is 3.12. The van der Waals surface area contributed by atoms with Crippen LogP contribution in [0.3, 0.4) is 0 Å². The molecule has 0 saturated carbocycles. The largest absolute Gasteiger partial charge is 0.280 e. The third-order valence-corrected chi connectivity index (χ3v) is 5.34. The molecule has 106 valence electrons. The minimum absolute atomic E-state index is 0.273. The van der Waals surface area contributed by atoms with E-state index in [1.165, 1.54) is 0 Å². The Balaban J connectivity index is 2.27. The quantitative estimate of drug-likeness (QED) is 0.898. The van der Waals surface area contributed by atoms with E-state index < -0.39 is 10.0 Å². The zero-order valence-corrected chi connectivity index (χ0v) is 13.8. The standard InChI is InChI=1S/C15H16BrNO2S/c1-3-12-4-7-14(8-5-12)20(18,19)17-13-6-9-15(16)11(2)10-13/h4-10,17H,3H2,1-2H3. The molecule has 2 aromatic carbocycles. The zero-order valence-electron chi connectivity index (χ0n) is 11.4. The Labute approximate surface area is 128 Å². The van der Waals surface area contributed by atoms with Crippen molar-refractivity contribution in [2.24, 2.45) is 0 Å². The molecule has 20 heavy (non-hydrogen) atoms. The summed E-state index contributed by atoms with van der Waals surface area (Å²) >= 11 is 3.39. The normalized spacial score (nSPS) is 11.3. The van der Waals surface area contributed by atoms with E-state index in [0.717, 1.165) is 22.0 Å². The van der Waals surface area contributed by atoms with Gasteiger partial charge in [-0.3, -0.25) is 4.72 Å². The Morgan fingerprint density at radius 1 is 1.10 bits per heavy atom. The van der Waals surface area contributed by atoms with Crippen LogP contribution in [-0.2, 0) is 16.4 Å². The fraction of sp³-hybridized carbons (Fsp3) is 0.200. The second kappa shape index (κ2) is 5.97. The summed E-state index contributed by atoms with van der Waals surface area (Å²) in [5.41, 5.74) is 2.65. The number of hydrogen-bond donors (Lipinski definition) is 1. The van der Waals surface area contributed by atoms with Crippen LogP contribution < -0.4 is 4.72 Å². The molecule has 5 heteroatoms. The van der Waals surface area contributed by atoms with E-state index in [2.05, 4.69) is 20.7 Å². The first-order valence-corrected chi connectivity index (χ1v) is 8.58. The maximum absolute atomic E-state index is 12.3. The molecular formula is C15H16BrNO2S. The Hall–Kier alpha value is -1.33. The van der Waals surface area contributed by atoms with Gasteiger partial charge in [-0.1, -0.05) is 35.0 Å². The molecule has 1 N–H and O–H groups in total. The number of hydrogen-bond acceptors (Lipinski definition) is 2. The van der Waals surface area contributed by atoms with E-state index in [1.807, 2.05) is 32.0 Å². The lowest BCUT2D eigenvalue weighted by molar-refractivity contribution is 0.601. The summed E-state index contributed by atoms with van der Waals surface area (Å²) in [5, 5.41) is 0. The van der Waals surface area contributed by atoms with E-state index in [0.29, 0.717) is 5.69 Å². The lowest BCUT2D eigenvalue weighted by atomic mass is 10.2. The summed E-state index contributed by atoms with van der Waals surface area (Å²) in [5.74, 6) is 0. The summed E-state index contributed by atoms with van der Waals surface area (Å²) in [6.07, 6.45) is 0.889. The van der Waals surface area contributed by atoms with Gasteiger partial charge in [0.1, 0.15) is 0 Å². The Morgan fingerprint density at radius 3 is 2.30 bits per heavy atom. The Kier molecular flexibility index (Phi) is 4.50. The van der Waals surface area contributed by atoms with Gasteiger partial charge in [-0.05, 0) is 54.8 Å². The lowest BCUT2D eigenvalue weighted by Gasteiger charge is -2.10. The van der Waals surface area contributed by atoms with E-state index in [-0.39, 0.29) is 4.90 Å². The molecule has 0 unspecified atom stereocenters. The van der Waals surface area contributed by atoms with Crippen LogP contribution in [0.5, 0.6) is 0 Å². The number of nitrogens with one attached hydrogen (secondary N) is 1. The molecule has 0 amide bonds. The summed E-state index contributed by atoms with van der Waals surface area (Å²) in [4.78, 5) is 0.273. The van der Waals surface area contributed by atoms with Crippen LogP contribution in [0.1, 0.15) is 18.1 Å². The molecule has 0 spiro atoms. The van der Waals surface area contributed by atoms with Crippen molar-refractivity contribution in [2.45, 2.75) is 25.2 Å². The van der Waals surface area contributed by atoms with Crippen LogP contribution >= 0.6 is 15.9 Å². The number of rotatable bonds is 4. The molecule has 0 aliphatic carbocycles. The Morgan fingerprint density at radius 2 is 1.75 bits per heavy atom. The van der Waals surface area contributed by atoms with Gasteiger partial charge < -0.3 is 0 Å². The highest BCUT2D eigenvalue weighted by atomic mass is 79.9. The SMILES string of the molecule is CCc1ccc(S(=O)(=O)Nc2ccc(Br)c(C)c2)cc1. The molecule has 0 aromatic heterocycles. The highest BCUT2D eigenvalue weighted by molar-refractivity contribution is 9.10. The molecular weight excluding hydrogens is 338 g/mol. The van der Waals surface area contributed by atoms with E-state index in [1.54, 1.807) is 24.3 Å². The number of aryl methyl sites for hydroxylation is 2. The number of halogens is 1. The van der Waals surface area contributed by atoms with Gasteiger partial charge in [-0.15, -0.1) is 0 Å². The van der Waals surface area contributed by atoms with Crippen molar-refractivity contribution in [1.29, 1.82) is 0 Å². The first kappa shape index (κ1) is 15.1. The summed E-state index contributed by atoms with van der Waals surface area (Å²) in [7, 11) is -3.53. The first-order chi connectivity index (χ1) is 9.42. The van der Waals surface area contributed by atoms with Crippen molar-refractivity contribution in [3.63, 3.8) is 0 Å². The molecule has 2 rings (SSSR count). The van der Waals surface area contributed by atoms with Crippen molar-refractivity contribution in [3.8, 4) is 0 Å². The van der Waals surface area contributed by atoms with Gasteiger partial charge in [0, 0.05) is 10.2 Å². The second-order valence-corrected chi connectivity index (χ2v) is 7.10. The summed E-state index contributed by atoms with van der Waals surface area (Å²) in [6.45, 7) is 3.95. The van der Waals surface area contributed by atoms with Crippen molar-refractivity contribution in [3.05, 3.63) is 58.1 Å². The van der Waals surface area contributed by atoms with E-state index in [4.69, 9.17) is 0 Å². The predicted octanol–water partition coefficient (Wildman–Crippen LogP) is 4.12. The number of anilines is 1. The van der Waals surface area contributed by atoms with Crippen LogP contribution in [0.4, 0.5) is 5.69 Å². The van der Waals surface area contributed by atoms with Crippen LogP contribution in [0, 0.1) is 6.92 Å². The maximum atomic E-state index is 12.3. The first-order valence-electron chi connectivity index (χ1n) is 6.30. The van der Waals surface area contributed by atoms with Gasteiger partial charge in [0.25, 0.3) is 10.0 Å². The molecule has 2 aromatic rings. The van der Waals surface area contributed by atoms with Gasteiger partial charge in [-0.2, -0.15) is 0 Å². The molecule has 0 heterocycles. The average Bonchev–Trinajstić information content (AvgIpc) is 2.43. The van der Waals surface area contributed by atoms with Crippen molar-refractivity contribution in [2.75, 3.05) is 4.72 Å². The molecule has 0 saturated heterocycles. The van der Waals surface area contributed by atoms with Gasteiger partial charge in [0.2, 0.25) is 0 Å². The van der Waals surface area contributed by atoms with Crippen LogP contribution in [0.2, 0.25) is 0 Å². The highest BCUT2D eigenvalue weighted by Gasteiger charge is 2.14. The molecule has 0 bridgehead atoms. The fourth-order valence-electron chi connectivity index (χ4n) is 1.83.